The van der Waals surface area contributed by atoms with Crippen molar-refractivity contribution in [3.05, 3.63) is 41.5 Å². The summed E-state index contributed by atoms with van der Waals surface area (Å²) in [5.41, 5.74) is 2.07. The van der Waals surface area contributed by atoms with E-state index in [1.54, 1.807) is 13.0 Å². The maximum absolute atomic E-state index is 11.6. The number of hydrogen-bond acceptors (Lipinski definition) is 2. The number of aliphatic carboxylic acids is 1. The number of rotatable bonds is 6. The Morgan fingerprint density at radius 1 is 1.42 bits per heavy atom. The molecule has 1 aromatic rings. The molecule has 0 saturated carbocycles. The average molecular weight is 261 g/mol. The molecule has 1 rings (SSSR count). The van der Waals surface area contributed by atoms with Crippen molar-refractivity contribution in [1.82, 2.24) is 5.32 Å². The second kappa shape index (κ2) is 7.36. The maximum Gasteiger partial charge on any atom is 0.308 e. The lowest BCUT2D eigenvalue weighted by atomic mass is 10.1. The molecular formula is C15H19NO3. The van der Waals surface area contributed by atoms with Crippen LogP contribution in [0.2, 0.25) is 0 Å². The highest BCUT2D eigenvalue weighted by Crippen LogP contribution is 2.05. The molecule has 4 nitrogen and oxygen atoms in total. The first-order valence-corrected chi connectivity index (χ1v) is 6.28. The molecule has 0 aliphatic rings. The third-order valence-electron chi connectivity index (χ3n) is 2.83. The summed E-state index contributed by atoms with van der Waals surface area (Å²) in [5, 5.41) is 11.4. The highest BCUT2D eigenvalue weighted by molar-refractivity contribution is 5.91. The van der Waals surface area contributed by atoms with Crippen LogP contribution >= 0.6 is 0 Å². The monoisotopic (exact) mass is 261 g/mol. The first-order chi connectivity index (χ1) is 9.02. The lowest BCUT2D eigenvalue weighted by Crippen LogP contribution is -2.31. The Morgan fingerprint density at radius 2 is 2.16 bits per heavy atom. The SMILES string of the molecule is CCC(CNC(=O)C=Cc1cccc(C)c1)C(=O)O. The quantitative estimate of drug-likeness (QED) is 0.772. The predicted octanol–water partition coefficient (Wildman–Crippen LogP) is 2.24. The highest BCUT2D eigenvalue weighted by Gasteiger charge is 2.14. The van der Waals surface area contributed by atoms with E-state index in [1.807, 2.05) is 31.2 Å². The number of carbonyl (C=O) groups is 2. The number of carbonyl (C=O) groups excluding carboxylic acids is 1. The van der Waals surface area contributed by atoms with Gasteiger partial charge in [-0.15, -0.1) is 0 Å². The van der Waals surface area contributed by atoms with Gasteiger partial charge >= 0.3 is 5.97 Å². The fourth-order valence-electron chi connectivity index (χ4n) is 1.63. The Kier molecular flexibility index (Phi) is 5.79. The van der Waals surface area contributed by atoms with E-state index in [0.29, 0.717) is 6.42 Å². The highest BCUT2D eigenvalue weighted by atomic mass is 16.4. The van der Waals surface area contributed by atoms with Crippen molar-refractivity contribution in [2.75, 3.05) is 6.54 Å². The first kappa shape index (κ1) is 15.0. The molecule has 0 saturated heterocycles. The lowest BCUT2D eigenvalue weighted by Gasteiger charge is -2.09. The van der Waals surface area contributed by atoms with E-state index in [2.05, 4.69) is 5.32 Å². The molecule has 0 fully saturated rings. The van der Waals surface area contributed by atoms with E-state index in [0.717, 1.165) is 11.1 Å². The van der Waals surface area contributed by atoms with Gasteiger partial charge in [0.25, 0.3) is 0 Å². The van der Waals surface area contributed by atoms with Gasteiger partial charge in [0, 0.05) is 12.6 Å². The van der Waals surface area contributed by atoms with E-state index >= 15 is 0 Å². The zero-order valence-corrected chi connectivity index (χ0v) is 11.2. The fraction of sp³-hybridized carbons (Fsp3) is 0.333. The van der Waals surface area contributed by atoms with E-state index in [9.17, 15) is 9.59 Å². The lowest BCUT2D eigenvalue weighted by molar-refractivity contribution is -0.141. The summed E-state index contributed by atoms with van der Waals surface area (Å²) in [5.74, 6) is -1.69. The van der Waals surface area contributed by atoms with Crippen LogP contribution in [-0.4, -0.2) is 23.5 Å². The van der Waals surface area contributed by atoms with Crippen LogP contribution < -0.4 is 5.32 Å². The molecule has 0 aliphatic heterocycles. The zero-order valence-electron chi connectivity index (χ0n) is 11.2. The van der Waals surface area contributed by atoms with Crippen LogP contribution in [0.25, 0.3) is 6.08 Å². The molecule has 1 aromatic carbocycles. The topological polar surface area (TPSA) is 66.4 Å². The summed E-state index contributed by atoms with van der Waals surface area (Å²) in [7, 11) is 0. The van der Waals surface area contributed by atoms with Gasteiger partial charge in [-0.05, 0) is 25.0 Å². The third-order valence-corrected chi connectivity index (χ3v) is 2.83. The number of benzene rings is 1. The van der Waals surface area contributed by atoms with Gasteiger partial charge in [-0.1, -0.05) is 36.8 Å². The van der Waals surface area contributed by atoms with Gasteiger partial charge in [-0.3, -0.25) is 9.59 Å². The molecule has 19 heavy (non-hydrogen) atoms. The largest absolute Gasteiger partial charge is 0.481 e. The zero-order chi connectivity index (χ0) is 14.3. The third kappa shape index (κ3) is 5.38. The normalized spacial score (nSPS) is 12.3. The molecule has 0 aliphatic carbocycles. The number of hydrogen-bond donors (Lipinski definition) is 2. The van der Waals surface area contributed by atoms with Crippen LogP contribution in [0, 0.1) is 12.8 Å². The van der Waals surface area contributed by atoms with Crippen molar-refractivity contribution in [2.45, 2.75) is 20.3 Å². The molecular weight excluding hydrogens is 242 g/mol. The van der Waals surface area contributed by atoms with Gasteiger partial charge in [0.1, 0.15) is 0 Å². The molecule has 102 valence electrons. The summed E-state index contributed by atoms with van der Waals surface area (Å²) >= 11 is 0. The van der Waals surface area contributed by atoms with Gasteiger partial charge in [0.15, 0.2) is 0 Å². The van der Waals surface area contributed by atoms with Crippen LogP contribution in [0.4, 0.5) is 0 Å². The minimum absolute atomic E-state index is 0.156. The molecule has 1 atom stereocenters. The van der Waals surface area contributed by atoms with Crippen molar-refractivity contribution >= 4 is 18.0 Å². The van der Waals surface area contributed by atoms with Gasteiger partial charge in [-0.25, -0.2) is 0 Å². The summed E-state index contributed by atoms with van der Waals surface area (Å²) in [4.78, 5) is 22.3. The number of aryl methyl sites for hydroxylation is 1. The van der Waals surface area contributed by atoms with Crippen LogP contribution in [0.1, 0.15) is 24.5 Å². The van der Waals surface area contributed by atoms with Gasteiger partial charge in [-0.2, -0.15) is 0 Å². The summed E-state index contributed by atoms with van der Waals surface area (Å²) in [6, 6.07) is 7.78. The molecule has 1 unspecified atom stereocenters. The van der Waals surface area contributed by atoms with Gasteiger partial charge in [0.2, 0.25) is 5.91 Å². The Morgan fingerprint density at radius 3 is 2.74 bits per heavy atom. The Labute approximate surface area is 113 Å². The van der Waals surface area contributed by atoms with Gasteiger partial charge in [0.05, 0.1) is 5.92 Å². The number of carboxylic acids is 1. The number of amides is 1. The van der Waals surface area contributed by atoms with Crippen molar-refractivity contribution in [2.24, 2.45) is 5.92 Å². The second-order valence-electron chi connectivity index (χ2n) is 4.44. The van der Waals surface area contributed by atoms with Crippen LogP contribution in [0.5, 0.6) is 0 Å². The van der Waals surface area contributed by atoms with Crippen molar-refractivity contribution < 1.29 is 14.7 Å². The summed E-state index contributed by atoms with van der Waals surface area (Å²) in [6.45, 7) is 3.92. The summed E-state index contributed by atoms with van der Waals surface area (Å²) in [6.07, 6.45) is 3.63. The van der Waals surface area contributed by atoms with Crippen molar-refractivity contribution in [3.8, 4) is 0 Å². The number of carboxylic acid groups (broad SMARTS) is 1. The maximum atomic E-state index is 11.6. The Bertz CT molecular complexity index is 480. The Hall–Kier alpha value is -2.10. The van der Waals surface area contributed by atoms with Gasteiger partial charge < -0.3 is 10.4 Å². The van der Waals surface area contributed by atoms with E-state index in [1.165, 1.54) is 6.08 Å². The smallest absolute Gasteiger partial charge is 0.308 e. The molecule has 0 spiro atoms. The van der Waals surface area contributed by atoms with E-state index in [-0.39, 0.29) is 12.5 Å². The second-order valence-corrected chi connectivity index (χ2v) is 4.44. The van der Waals surface area contributed by atoms with E-state index in [4.69, 9.17) is 5.11 Å². The van der Waals surface area contributed by atoms with Crippen LogP contribution in [-0.2, 0) is 9.59 Å². The van der Waals surface area contributed by atoms with Crippen LogP contribution in [0.15, 0.2) is 30.3 Å². The molecule has 0 aromatic heterocycles. The number of nitrogens with one attached hydrogen (secondary N) is 1. The average Bonchev–Trinajstić information content (AvgIpc) is 2.37. The van der Waals surface area contributed by atoms with Crippen LogP contribution in [0.3, 0.4) is 0 Å². The fourth-order valence-corrected chi connectivity index (χ4v) is 1.63. The Balaban J connectivity index is 2.49. The first-order valence-electron chi connectivity index (χ1n) is 6.28. The molecule has 1 amide bonds. The van der Waals surface area contributed by atoms with Crippen molar-refractivity contribution in [3.63, 3.8) is 0 Å². The molecule has 0 heterocycles. The predicted molar refractivity (Wildman–Crippen MR) is 74.6 cm³/mol. The molecule has 2 N–H and O–H groups in total. The van der Waals surface area contributed by atoms with E-state index < -0.39 is 11.9 Å². The molecule has 0 radical (unpaired) electrons. The minimum Gasteiger partial charge on any atom is -0.481 e. The standard InChI is InChI=1S/C15H19NO3/c1-3-13(15(18)19)10-16-14(17)8-7-12-6-4-5-11(2)9-12/h4-9,13H,3,10H2,1-2H3,(H,16,17)(H,18,19). The molecule has 0 bridgehead atoms. The summed E-state index contributed by atoms with van der Waals surface area (Å²) < 4.78 is 0. The van der Waals surface area contributed by atoms with Crippen molar-refractivity contribution in [1.29, 1.82) is 0 Å². The minimum atomic E-state index is -0.884. The molecule has 4 heteroatoms.